The third-order valence-corrected chi connectivity index (χ3v) is 5.62. The molecule has 0 unspecified atom stereocenters. The number of ketones is 1. The van der Waals surface area contributed by atoms with E-state index in [9.17, 15) is 14.4 Å². The van der Waals surface area contributed by atoms with Gasteiger partial charge in [0.05, 0.1) is 19.7 Å². The van der Waals surface area contributed by atoms with Crippen molar-refractivity contribution in [1.29, 1.82) is 0 Å². The Labute approximate surface area is 186 Å². The molecule has 2 aromatic rings. The number of cyclic esters (lactones) is 1. The van der Waals surface area contributed by atoms with Crippen molar-refractivity contribution in [1.82, 2.24) is 5.32 Å². The molecule has 7 heteroatoms. The number of amides is 2. The van der Waals surface area contributed by atoms with Crippen LogP contribution in [0.4, 0.5) is 16.2 Å². The number of nitrogens with zero attached hydrogens (tertiary/aromatic N) is 2. The highest BCUT2D eigenvalue weighted by molar-refractivity contribution is 6.12. The van der Waals surface area contributed by atoms with Gasteiger partial charge < -0.3 is 10.1 Å². The molecule has 7 nitrogen and oxygen atoms in total. The highest BCUT2D eigenvalue weighted by atomic mass is 16.6. The average Bonchev–Trinajstić information content (AvgIpc) is 3.09. The lowest BCUT2D eigenvalue weighted by Gasteiger charge is -2.16. The first-order valence-electron chi connectivity index (χ1n) is 10.5. The maximum atomic E-state index is 13.2. The largest absolute Gasteiger partial charge is 0.442 e. The Kier molecular flexibility index (Phi) is 6.04. The van der Waals surface area contributed by atoms with Crippen LogP contribution in [0.1, 0.15) is 41.3 Å². The van der Waals surface area contributed by atoms with E-state index in [0.717, 1.165) is 29.5 Å². The topological polar surface area (TPSA) is 80.1 Å². The molecule has 0 saturated carbocycles. The summed E-state index contributed by atoms with van der Waals surface area (Å²) in [6, 6.07) is 12.6. The molecular formula is C25H23N3O4. The van der Waals surface area contributed by atoms with Crippen molar-refractivity contribution in [3.8, 4) is 0 Å². The molecule has 1 saturated heterocycles. The Hall–Kier alpha value is -3.92. The second-order valence-corrected chi connectivity index (χ2v) is 7.95. The second kappa shape index (κ2) is 9.06. The predicted octanol–water partition coefficient (Wildman–Crippen LogP) is 4.30. The number of carbonyl (C=O) groups is 3. The summed E-state index contributed by atoms with van der Waals surface area (Å²) in [4.78, 5) is 41.7. The van der Waals surface area contributed by atoms with Crippen molar-refractivity contribution in [2.45, 2.75) is 32.3 Å². The van der Waals surface area contributed by atoms with Gasteiger partial charge in [-0.2, -0.15) is 0 Å². The lowest BCUT2D eigenvalue weighted by Crippen LogP contribution is -2.33. The van der Waals surface area contributed by atoms with Gasteiger partial charge in [0.15, 0.2) is 11.5 Å². The molecule has 2 aromatic carbocycles. The Balaban J connectivity index is 1.56. The van der Waals surface area contributed by atoms with E-state index < -0.39 is 12.2 Å². The van der Waals surface area contributed by atoms with E-state index in [-0.39, 0.29) is 18.2 Å². The number of fused-ring (bicyclic) bond motifs is 1. The fourth-order valence-electron chi connectivity index (χ4n) is 4.05. The zero-order chi connectivity index (χ0) is 22.7. The molecular weight excluding hydrogens is 406 g/mol. The van der Waals surface area contributed by atoms with Crippen LogP contribution >= 0.6 is 0 Å². The van der Waals surface area contributed by atoms with Gasteiger partial charge in [0.2, 0.25) is 5.91 Å². The normalized spacial score (nSPS) is 19.2. The van der Waals surface area contributed by atoms with Gasteiger partial charge in [-0.25, -0.2) is 9.64 Å². The summed E-state index contributed by atoms with van der Waals surface area (Å²) in [5, 5.41) is 2.67. The van der Waals surface area contributed by atoms with Crippen LogP contribution < -0.4 is 10.2 Å². The summed E-state index contributed by atoms with van der Waals surface area (Å²) >= 11 is 0. The third kappa shape index (κ3) is 4.54. The summed E-state index contributed by atoms with van der Waals surface area (Å²) < 4.78 is 5.35. The zero-order valence-electron chi connectivity index (χ0n) is 17.8. The number of nitrogens with one attached hydrogen (secondary N) is 1. The number of carbonyl (C=O) groups excluding carboxylic acids is 3. The predicted molar refractivity (Wildman–Crippen MR) is 121 cm³/mol. The van der Waals surface area contributed by atoms with Gasteiger partial charge in [0, 0.05) is 23.7 Å². The van der Waals surface area contributed by atoms with Crippen molar-refractivity contribution < 1.29 is 19.1 Å². The number of allylic oxidation sites excluding steroid dienone is 1. The minimum Gasteiger partial charge on any atom is -0.442 e. The highest BCUT2D eigenvalue weighted by Gasteiger charge is 2.33. The number of benzene rings is 2. The van der Waals surface area contributed by atoms with Gasteiger partial charge in [0.1, 0.15) is 6.10 Å². The quantitative estimate of drug-likeness (QED) is 0.446. The van der Waals surface area contributed by atoms with E-state index in [2.05, 4.69) is 10.2 Å². The van der Waals surface area contributed by atoms with Crippen LogP contribution in [0.3, 0.4) is 0 Å². The first-order chi connectivity index (χ1) is 15.4. The molecule has 1 aliphatic carbocycles. The van der Waals surface area contributed by atoms with Crippen LogP contribution in [-0.4, -0.2) is 37.0 Å². The molecule has 2 aliphatic rings. The maximum Gasteiger partial charge on any atom is 0.414 e. The first-order valence-corrected chi connectivity index (χ1v) is 10.5. The summed E-state index contributed by atoms with van der Waals surface area (Å²) in [6.45, 7) is 9.20. The third-order valence-electron chi connectivity index (χ3n) is 5.62. The van der Waals surface area contributed by atoms with E-state index in [1.807, 2.05) is 24.3 Å². The smallest absolute Gasteiger partial charge is 0.414 e. The highest BCUT2D eigenvalue weighted by Crippen LogP contribution is 2.31. The minimum atomic E-state index is -0.458. The Morgan fingerprint density at radius 1 is 1.25 bits per heavy atom. The molecule has 0 spiro atoms. The standard InChI is InChI=1S/C25H23N3O4/c1-16(29)27-14-22-15-28(25(31)32-22)21-9-10-23-18(13-21)6-4-7-19(24(23)30)11-17-5-3-8-20(12-17)26-2/h3,5,8-13,22H,4,6-7,14-15H2,1H3,(H,27,29)/b19-11+/t22-/m0/s1. The molecule has 2 amide bonds. The van der Waals surface area contributed by atoms with Gasteiger partial charge in [-0.3, -0.25) is 14.5 Å². The molecule has 0 radical (unpaired) electrons. The van der Waals surface area contributed by atoms with Crippen LogP contribution in [0.2, 0.25) is 0 Å². The molecule has 1 fully saturated rings. The van der Waals surface area contributed by atoms with Gasteiger partial charge in [-0.1, -0.05) is 18.2 Å². The summed E-state index contributed by atoms with van der Waals surface area (Å²) in [5.74, 6) is -0.197. The van der Waals surface area contributed by atoms with E-state index >= 15 is 0 Å². The lowest BCUT2D eigenvalue weighted by atomic mass is 9.97. The van der Waals surface area contributed by atoms with Crippen LogP contribution in [-0.2, 0) is 16.0 Å². The first kappa shape index (κ1) is 21.3. The molecule has 32 heavy (non-hydrogen) atoms. The number of anilines is 1. The van der Waals surface area contributed by atoms with Gasteiger partial charge in [0.25, 0.3) is 0 Å². The molecule has 1 N–H and O–H groups in total. The molecule has 162 valence electrons. The van der Waals surface area contributed by atoms with Crippen molar-refractivity contribution in [3.05, 3.63) is 76.1 Å². The minimum absolute atomic E-state index is 0.0233. The zero-order valence-corrected chi connectivity index (χ0v) is 17.8. The number of hydrogen-bond acceptors (Lipinski definition) is 4. The number of rotatable bonds is 4. The number of Topliss-reactive ketones (excluding diaryl/α,β-unsaturated/α-hetero) is 1. The Bertz CT molecular complexity index is 1160. The van der Waals surface area contributed by atoms with E-state index in [0.29, 0.717) is 29.9 Å². The molecule has 0 bridgehead atoms. The number of aryl methyl sites for hydroxylation is 1. The van der Waals surface area contributed by atoms with Crippen molar-refractivity contribution >= 4 is 35.2 Å². The number of hydrogen-bond donors (Lipinski definition) is 1. The van der Waals surface area contributed by atoms with Crippen molar-refractivity contribution in [3.63, 3.8) is 0 Å². The van der Waals surface area contributed by atoms with Crippen LogP contribution in [0, 0.1) is 6.57 Å². The summed E-state index contributed by atoms with van der Waals surface area (Å²) in [6.07, 6.45) is 3.19. The maximum absolute atomic E-state index is 13.2. The van der Waals surface area contributed by atoms with Crippen LogP contribution in [0.5, 0.6) is 0 Å². The molecule has 1 heterocycles. The monoisotopic (exact) mass is 429 g/mol. The number of ether oxygens (including phenoxy) is 1. The van der Waals surface area contributed by atoms with Crippen molar-refractivity contribution in [2.24, 2.45) is 0 Å². The molecule has 4 rings (SSSR count). The van der Waals surface area contributed by atoms with Gasteiger partial charge >= 0.3 is 6.09 Å². The van der Waals surface area contributed by atoms with Crippen LogP contribution in [0.15, 0.2) is 48.0 Å². The van der Waals surface area contributed by atoms with Gasteiger partial charge in [-0.05, 0) is 60.7 Å². The molecule has 0 aromatic heterocycles. The SMILES string of the molecule is [C-]#[N+]c1cccc(/C=C2\CCCc3cc(N4C[C@H](CNC(C)=O)OC4=O)ccc3C2=O)c1. The lowest BCUT2D eigenvalue weighted by molar-refractivity contribution is -0.119. The fraction of sp³-hybridized carbons (Fsp3) is 0.280. The second-order valence-electron chi connectivity index (χ2n) is 7.95. The summed E-state index contributed by atoms with van der Waals surface area (Å²) in [5.41, 5.74) is 4.33. The van der Waals surface area contributed by atoms with E-state index in [1.165, 1.54) is 11.8 Å². The molecule has 1 atom stereocenters. The molecule has 1 aliphatic heterocycles. The Morgan fingerprint density at radius 3 is 2.88 bits per heavy atom. The van der Waals surface area contributed by atoms with Gasteiger partial charge in [-0.15, -0.1) is 0 Å². The van der Waals surface area contributed by atoms with E-state index in [1.54, 1.807) is 24.3 Å². The average molecular weight is 429 g/mol. The fourth-order valence-corrected chi connectivity index (χ4v) is 4.05. The van der Waals surface area contributed by atoms with E-state index in [4.69, 9.17) is 11.3 Å². The summed E-state index contributed by atoms with van der Waals surface area (Å²) in [7, 11) is 0. The Morgan fingerprint density at radius 2 is 2.09 bits per heavy atom. The van der Waals surface area contributed by atoms with Crippen LogP contribution in [0.25, 0.3) is 10.9 Å². The van der Waals surface area contributed by atoms with Crippen molar-refractivity contribution in [2.75, 3.05) is 18.0 Å².